The van der Waals surface area contributed by atoms with E-state index in [0.29, 0.717) is 5.56 Å². The molecule has 1 aromatic rings. The molecule has 0 radical (unpaired) electrons. The zero-order chi connectivity index (χ0) is 11.6. The number of Topliss-reactive ketones (excluding diaryl/α,β-unsaturated/α-hetero) is 1. The molecule has 0 aliphatic heterocycles. The zero-order valence-electron chi connectivity index (χ0n) is 8.34. The van der Waals surface area contributed by atoms with Gasteiger partial charge in [0.05, 0.1) is 11.6 Å². The molecule has 15 heavy (non-hydrogen) atoms. The highest BCUT2D eigenvalue weighted by Crippen LogP contribution is 2.24. The second-order valence-electron chi connectivity index (χ2n) is 3.23. The van der Waals surface area contributed by atoms with Gasteiger partial charge in [-0.3, -0.25) is 4.79 Å². The van der Waals surface area contributed by atoms with Gasteiger partial charge in [0.2, 0.25) is 0 Å². The normalized spacial score (nSPS) is 10.1. The Bertz CT molecular complexity index is 447. The fourth-order valence-corrected chi connectivity index (χ4v) is 1.50. The maximum atomic E-state index is 12.4. The monoisotopic (exact) mass is 209 g/mol. The first-order valence-electron chi connectivity index (χ1n) is 4.31. The summed E-state index contributed by atoms with van der Waals surface area (Å²) in [5, 5.41) is 8.75. The van der Waals surface area contributed by atoms with E-state index in [2.05, 4.69) is 0 Å². The second-order valence-corrected chi connectivity index (χ2v) is 3.23. The topological polar surface area (TPSA) is 40.9 Å². The zero-order valence-corrected chi connectivity index (χ0v) is 8.34. The van der Waals surface area contributed by atoms with E-state index in [0.717, 1.165) is 6.07 Å². The highest BCUT2D eigenvalue weighted by atomic mass is 19.3. The van der Waals surface area contributed by atoms with Gasteiger partial charge in [-0.25, -0.2) is 8.78 Å². The van der Waals surface area contributed by atoms with Crippen LogP contribution in [0.15, 0.2) is 12.1 Å². The molecule has 0 fully saturated rings. The number of nitriles is 1. The molecule has 0 N–H and O–H groups in total. The standard InChI is InChI=1S/C11H9F2NO/c1-6-3-8(11(12)13)4-9(5-14)10(6)7(2)15/h3-4,11H,1-2H3. The van der Waals surface area contributed by atoms with Crippen molar-refractivity contribution in [2.45, 2.75) is 20.3 Å². The number of nitrogens with zero attached hydrogens (tertiary/aromatic N) is 1. The molecule has 0 heterocycles. The van der Waals surface area contributed by atoms with Gasteiger partial charge in [-0.1, -0.05) is 0 Å². The summed E-state index contributed by atoms with van der Waals surface area (Å²) in [5.41, 5.74) is 0.422. The van der Waals surface area contributed by atoms with Gasteiger partial charge in [0, 0.05) is 11.1 Å². The number of benzene rings is 1. The minimum Gasteiger partial charge on any atom is -0.294 e. The number of ketones is 1. The summed E-state index contributed by atoms with van der Waals surface area (Å²) < 4.78 is 24.8. The van der Waals surface area contributed by atoms with Crippen molar-refractivity contribution >= 4 is 5.78 Å². The molecule has 1 rings (SSSR count). The average Bonchev–Trinajstić information content (AvgIpc) is 2.15. The smallest absolute Gasteiger partial charge is 0.263 e. The first-order valence-corrected chi connectivity index (χ1v) is 4.31. The van der Waals surface area contributed by atoms with Crippen LogP contribution in [0.25, 0.3) is 0 Å². The van der Waals surface area contributed by atoms with Gasteiger partial charge < -0.3 is 0 Å². The molecule has 0 aromatic heterocycles. The van der Waals surface area contributed by atoms with E-state index < -0.39 is 6.43 Å². The molecule has 2 nitrogen and oxygen atoms in total. The minimum absolute atomic E-state index is 0.0119. The van der Waals surface area contributed by atoms with Crippen LogP contribution in [0.3, 0.4) is 0 Å². The average molecular weight is 209 g/mol. The Morgan fingerprint density at radius 1 is 1.47 bits per heavy atom. The quantitative estimate of drug-likeness (QED) is 0.702. The number of hydrogen-bond acceptors (Lipinski definition) is 2. The maximum Gasteiger partial charge on any atom is 0.263 e. The molecule has 0 bridgehead atoms. The first kappa shape index (κ1) is 11.3. The lowest BCUT2D eigenvalue weighted by molar-refractivity contribution is 0.101. The summed E-state index contributed by atoms with van der Waals surface area (Å²) >= 11 is 0. The molecular weight excluding hydrogens is 200 g/mol. The highest BCUT2D eigenvalue weighted by molar-refractivity contribution is 5.98. The van der Waals surface area contributed by atoms with E-state index in [1.165, 1.54) is 13.0 Å². The first-order chi connectivity index (χ1) is 6.97. The lowest BCUT2D eigenvalue weighted by Crippen LogP contribution is -2.02. The largest absolute Gasteiger partial charge is 0.294 e. The molecule has 0 aliphatic carbocycles. The minimum atomic E-state index is -2.63. The van der Waals surface area contributed by atoms with E-state index in [-0.39, 0.29) is 22.5 Å². The Hall–Kier alpha value is -1.76. The van der Waals surface area contributed by atoms with Gasteiger partial charge >= 0.3 is 0 Å². The number of halogens is 2. The molecule has 0 saturated carbocycles. The van der Waals surface area contributed by atoms with Crippen molar-refractivity contribution in [1.29, 1.82) is 5.26 Å². The number of alkyl halides is 2. The van der Waals surface area contributed by atoms with Crippen molar-refractivity contribution in [2.24, 2.45) is 0 Å². The SMILES string of the molecule is CC(=O)c1c(C)cc(C(F)F)cc1C#N. The molecule has 0 spiro atoms. The van der Waals surface area contributed by atoms with E-state index in [1.54, 1.807) is 13.0 Å². The Balaban J connectivity index is 3.46. The summed E-state index contributed by atoms with van der Waals surface area (Å²) in [5.74, 6) is -0.287. The van der Waals surface area contributed by atoms with Crippen molar-refractivity contribution in [3.63, 3.8) is 0 Å². The van der Waals surface area contributed by atoms with Crippen LogP contribution in [0.1, 0.15) is 40.4 Å². The van der Waals surface area contributed by atoms with Crippen LogP contribution in [0.2, 0.25) is 0 Å². The van der Waals surface area contributed by atoms with Gasteiger partial charge in [0.25, 0.3) is 6.43 Å². The van der Waals surface area contributed by atoms with Crippen molar-refractivity contribution in [3.8, 4) is 6.07 Å². The predicted molar refractivity (Wildman–Crippen MR) is 50.9 cm³/mol. The lowest BCUT2D eigenvalue weighted by atomic mass is 9.96. The van der Waals surface area contributed by atoms with Crippen molar-refractivity contribution in [2.75, 3.05) is 0 Å². The van der Waals surface area contributed by atoms with Gasteiger partial charge in [0.1, 0.15) is 0 Å². The van der Waals surface area contributed by atoms with Crippen LogP contribution >= 0.6 is 0 Å². The van der Waals surface area contributed by atoms with E-state index >= 15 is 0 Å². The molecule has 0 amide bonds. The van der Waals surface area contributed by atoms with E-state index in [1.807, 2.05) is 0 Å². The number of carbonyl (C=O) groups excluding carboxylic acids is 1. The third kappa shape index (κ3) is 2.18. The fraction of sp³-hybridized carbons (Fsp3) is 0.273. The third-order valence-electron chi connectivity index (χ3n) is 2.08. The second kappa shape index (κ2) is 4.18. The van der Waals surface area contributed by atoms with Crippen LogP contribution in [0.4, 0.5) is 8.78 Å². The van der Waals surface area contributed by atoms with Crippen LogP contribution < -0.4 is 0 Å². The van der Waals surface area contributed by atoms with Gasteiger partial charge in [-0.15, -0.1) is 0 Å². The molecule has 0 aliphatic rings. The Labute approximate surface area is 86.1 Å². The molecule has 0 unspecified atom stereocenters. The number of rotatable bonds is 2. The summed E-state index contributed by atoms with van der Waals surface area (Å²) in [6.45, 7) is 2.86. The molecule has 78 valence electrons. The molecule has 1 aromatic carbocycles. The number of hydrogen-bond donors (Lipinski definition) is 0. The highest BCUT2D eigenvalue weighted by Gasteiger charge is 2.15. The maximum absolute atomic E-state index is 12.4. The molecule has 0 saturated heterocycles. The van der Waals surface area contributed by atoms with Gasteiger partial charge in [-0.2, -0.15) is 5.26 Å². The summed E-state index contributed by atoms with van der Waals surface area (Å²) in [7, 11) is 0. The Morgan fingerprint density at radius 2 is 2.07 bits per heavy atom. The third-order valence-corrected chi connectivity index (χ3v) is 2.08. The van der Waals surface area contributed by atoms with Crippen LogP contribution in [0, 0.1) is 18.3 Å². The number of carbonyl (C=O) groups is 1. The van der Waals surface area contributed by atoms with Crippen molar-refractivity contribution < 1.29 is 13.6 Å². The molecule has 4 heteroatoms. The lowest BCUT2D eigenvalue weighted by Gasteiger charge is -2.07. The Kier molecular flexibility index (Phi) is 3.15. The van der Waals surface area contributed by atoms with E-state index in [9.17, 15) is 13.6 Å². The number of aryl methyl sites for hydroxylation is 1. The van der Waals surface area contributed by atoms with E-state index in [4.69, 9.17) is 5.26 Å². The van der Waals surface area contributed by atoms with Crippen LogP contribution in [0.5, 0.6) is 0 Å². The predicted octanol–water partition coefficient (Wildman–Crippen LogP) is 3.01. The van der Waals surface area contributed by atoms with Gasteiger partial charge in [-0.05, 0) is 31.5 Å². The van der Waals surface area contributed by atoms with Crippen LogP contribution in [-0.2, 0) is 0 Å². The summed E-state index contributed by atoms with van der Waals surface area (Å²) in [4.78, 5) is 11.2. The van der Waals surface area contributed by atoms with Gasteiger partial charge in [0.15, 0.2) is 5.78 Å². The molecule has 0 atom stereocenters. The van der Waals surface area contributed by atoms with Crippen molar-refractivity contribution in [1.82, 2.24) is 0 Å². The fourth-order valence-electron chi connectivity index (χ4n) is 1.50. The summed E-state index contributed by atoms with van der Waals surface area (Å²) in [6.07, 6.45) is -2.63. The van der Waals surface area contributed by atoms with Crippen molar-refractivity contribution in [3.05, 3.63) is 34.4 Å². The summed E-state index contributed by atoms with van der Waals surface area (Å²) in [6, 6.07) is 4.06. The molecular formula is C11H9F2NO. The Morgan fingerprint density at radius 3 is 2.47 bits per heavy atom. The van der Waals surface area contributed by atoms with Crippen LogP contribution in [-0.4, -0.2) is 5.78 Å².